The number of rotatable bonds is 5. The van der Waals surface area contributed by atoms with E-state index in [1.54, 1.807) is 18.9 Å². The lowest BCUT2D eigenvalue weighted by Crippen LogP contribution is -2.17. The summed E-state index contributed by atoms with van der Waals surface area (Å²) in [6.45, 7) is 0. The first-order valence-electron chi connectivity index (χ1n) is 6.07. The van der Waals surface area contributed by atoms with E-state index in [2.05, 4.69) is 10.4 Å². The number of ether oxygens (including phenoxy) is 2. The highest BCUT2D eigenvalue weighted by molar-refractivity contribution is 5.45. The summed E-state index contributed by atoms with van der Waals surface area (Å²) in [7, 11) is 7.10. The van der Waals surface area contributed by atoms with E-state index in [1.807, 2.05) is 44.7 Å². The molecule has 0 saturated carbocycles. The Morgan fingerprint density at radius 2 is 1.89 bits per heavy atom. The second kappa shape index (κ2) is 5.75. The molecule has 0 saturated heterocycles. The lowest BCUT2D eigenvalue weighted by atomic mass is 10.0. The summed E-state index contributed by atoms with van der Waals surface area (Å²) in [6, 6.07) is 5.99. The van der Waals surface area contributed by atoms with Crippen molar-refractivity contribution in [3.8, 4) is 11.5 Å². The van der Waals surface area contributed by atoms with Gasteiger partial charge in [0.05, 0.1) is 26.5 Å². The van der Waals surface area contributed by atoms with Crippen LogP contribution in [-0.4, -0.2) is 31.0 Å². The minimum Gasteiger partial charge on any atom is -0.493 e. The summed E-state index contributed by atoms with van der Waals surface area (Å²) in [4.78, 5) is 0. The van der Waals surface area contributed by atoms with Gasteiger partial charge < -0.3 is 14.8 Å². The zero-order valence-corrected chi connectivity index (χ0v) is 11.7. The summed E-state index contributed by atoms with van der Waals surface area (Å²) >= 11 is 0. The summed E-state index contributed by atoms with van der Waals surface area (Å²) in [6.07, 6.45) is 3.86. The van der Waals surface area contributed by atoms with Crippen molar-refractivity contribution < 1.29 is 9.47 Å². The van der Waals surface area contributed by atoms with Gasteiger partial charge in [-0.1, -0.05) is 6.07 Å². The zero-order chi connectivity index (χ0) is 13.8. The van der Waals surface area contributed by atoms with Gasteiger partial charge in [-0.15, -0.1) is 0 Å². The lowest BCUT2D eigenvalue weighted by Gasteiger charge is -2.17. The number of nitrogens with zero attached hydrogens (tertiary/aromatic N) is 2. The van der Waals surface area contributed by atoms with Crippen LogP contribution in [0.3, 0.4) is 0 Å². The molecule has 1 N–H and O–H groups in total. The molecule has 1 aromatic carbocycles. The summed E-state index contributed by atoms with van der Waals surface area (Å²) in [5, 5.41) is 7.50. The molecule has 2 rings (SSSR count). The largest absolute Gasteiger partial charge is 0.493 e. The Bertz CT molecular complexity index is 551. The lowest BCUT2D eigenvalue weighted by molar-refractivity contribution is 0.354. The molecule has 19 heavy (non-hydrogen) atoms. The molecule has 102 valence electrons. The standard InChI is InChI=1S/C14H19N3O2/c1-15-14(11-8-16-17(2)9-11)10-5-6-12(18-3)13(7-10)19-4/h5-9,14-15H,1-4H3. The van der Waals surface area contributed by atoms with Crippen LogP contribution in [0, 0.1) is 0 Å². The molecular weight excluding hydrogens is 242 g/mol. The van der Waals surface area contributed by atoms with E-state index >= 15 is 0 Å². The predicted molar refractivity (Wildman–Crippen MR) is 73.7 cm³/mol. The zero-order valence-electron chi connectivity index (χ0n) is 11.7. The van der Waals surface area contributed by atoms with Crippen LogP contribution >= 0.6 is 0 Å². The maximum atomic E-state index is 5.34. The first-order chi connectivity index (χ1) is 9.19. The molecule has 0 amide bonds. The molecule has 0 aliphatic rings. The van der Waals surface area contributed by atoms with E-state index in [1.165, 1.54) is 0 Å². The van der Waals surface area contributed by atoms with Gasteiger partial charge in [0.1, 0.15) is 0 Å². The quantitative estimate of drug-likeness (QED) is 0.890. The van der Waals surface area contributed by atoms with Gasteiger partial charge in [0, 0.05) is 18.8 Å². The second-order valence-corrected chi connectivity index (χ2v) is 4.28. The number of aryl methyl sites for hydroxylation is 1. The molecule has 5 heteroatoms. The first kappa shape index (κ1) is 13.4. The molecule has 0 fully saturated rings. The van der Waals surface area contributed by atoms with E-state index in [-0.39, 0.29) is 6.04 Å². The topological polar surface area (TPSA) is 48.3 Å². The number of methoxy groups -OCH3 is 2. The Hall–Kier alpha value is -2.01. The van der Waals surface area contributed by atoms with Gasteiger partial charge in [0.15, 0.2) is 11.5 Å². The fourth-order valence-corrected chi connectivity index (χ4v) is 2.15. The number of nitrogens with one attached hydrogen (secondary N) is 1. The summed E-state index contributed by atoms with van der Waals surface area (Å²) < 4.78 is 12.4. The summed E-state index contributed by atoms with van der Waals surface area (Å²) in [5.41, 5.74) is 2.21. The first-order valence-corrected chi connectivity index (χ1v) is 6.07. The number of benzene rings is 1. The van der Waals surface area contributed by atoms with E-state index in [0.717, 1.165) is 22.6 Å². The van der Waals surface area contributed by atoms with Gasteiger partial charge in [0.25, 0.3) is 0 Å². The van der Waals surface area contributed by atoms with Crippen LogP contribution in [0.5, 0.6) is 11.5 Å². The fraction of sp³-hybridized carbons (Fsp3) is 0.357. The van der Waals surface area contributed by atoms with Crippen molar-refractivity contribution in [2.45, 2.75) is 6.04 Å². The van der Waals surface area contributed by atoms with Crippen molar-refractivity contribution in [2.24, 2.45) is 7.05 Å². The van der Waals surface area contributed by atoms with Crippen molar-refractivity contribution >= 4 is 0 Å². The van der Waals surface area contributed by atoms with Crippen LogP contribution in [-0.2, 0) is 7.05 Å². The molecular formula is C14H19N3O2. The monoisotopic (exact) mass is 261 g/mol. The van der Waals surface area contributed by atoms with Gasteiger partial charge in [-0.2, -0.15) is 5.10 Å². The molecule has 0 aliphatic carbocycles. The van der Waals surface area contributed by atoms with Gasteiger partial charge in [-0.25, -0.2) is 0 Å². The maximum absolute atomic E-state index is 5.34. The normalized spacial score (nSPS) is 12.2. The van der Waals surface area contributed by atoms with Gasteiger partial charge in [0.2, 0.25) is 0 Å². The number of hydrogen-bond donors (Lipinski definition) is 1. The van der Waals surface area contributed by atoms with E-state index in [9.17, 15) is 0 Å². The van der Waals surface area contributed by atoms with Gasteiger partial charge in [-0.05, 0) is 24.7 Å². The SMILES string of the molecule is CNC(c1ccc(OC)c(OC)c1)c1cnn(C)c1. The van der Waals surface area contributed by atoms with Crippen molar-refractivity contribution in [3.63, 3.8) is 0 Å². The highest BCUT2D eigenvalue weighted by Crippen LogP contribution is 2.31. The molecule has 0 spiro atoms. The molecule has 0 radical (unpaired) electrons. The molecule has 0 bridgehead atoms. The Balaban J connectivity index is 2.38. The van der Waals surface area contributed by atoms with Crippen molar-refractivity contribution in [3.05, 3.63) is 41.7 Å². The van der Waals surface area contributed by atoms with E-state index in [4.69, 9.17) is 9.47 Å². The Labute approximate surface area is 113 Å². The highest BCUT2D eigenvalue weighted by atomic mass is 16.5. The van der Waals surface area contributed by atoms with Crippen LogP contribution in [0.25, 0.3) is 0 Å². The Morgan fingerprint density at radius 3 is 2.42 bits per heavy atom. The third-order valence-corrected chi connectivity index (χ3v) is 3.09. The van der Waals surface area contributed by atoms with Gasteiger partial charge >= 0.3 is 0 Å². The Morgan fingerprint density at radius 1 is 1.16 bits per heavy atom. The van der Waals surface area contributed by atoms with Crippen molar-refractivity contribution in [2.75, 3.05) is 21.3 Å². The van der Waals surface area contributed by atoms with Gasteiger partial charge in [-0.3, -0.25) is 4.68 Å². The number of hydrogen-bond acceptors (Lipinski definition) is 4. The summed E-state index contributed by atoms with van der Waals surface area (Å²) in [5.74, 6) is 1.46. The molecule has 1 heterocycles. The minimum absolute atomic E-state index is 0.0773. The van der Waals surface area contributed by atoms with Crippen LogP contribution in [0.1, 0.15) is 17.2 Å². The van der Waals surface area contributed by atoms with Crippen molar-refractivity contribution in [1.82, 2.24) is 15.1 Å². The molecule has 5 nitrogen and oxygen atoms in total. The molecule has 1 aromatic heterocycles. The van der Waals surface area contributed by atoms with Crippen LogP contribution in [0.2, 0.25) is 0 Å². The average molecular weight is 261 g/mol. The molecule has 1 atom stereocenters. The smallest absolute Gasteiger partial charge is 0.161 e. The van der Waals surface area contributed by atoms with Crippen LogP contribution in [0.4, 0.5) is 0 Å². The number of aromatic nitrogens is 2. The predicted octanol–water partition coefficient (Wildman–Crippen LogP) is 1.75. The fourth-order valence-electron chi connectivity index (χ4n) is 2.15. The molecule has 1 unspecified atom stereocenters. The maximum Gasteiger partial charge on any atom is 0.161 e. The third-order valence-electron chi connectivity index (χ3n) is 3.09. The average Bonchev–Trinajstić information content (AvgIpc) is 2.86. The molecule has 0 aliphatic heterocycles. The third kappa shape index (κ3) is 2.71. The Kier molecular flexibility index (Phi) is 4.06. The van der Waals surface area contributed by atoms with Crippen LogP contribution < -0.4 is 14.8 Å². The minimum atomic E-state index is 0.0773. The van der Waals surface area contributed by atoms with E-state index in [0.29, 0.717) is 0 Å². The molecule has 2 aromatic rings. The second-order valence-electron chi connectivity index (χ2n) is 4.28. The highest BCUT2D eigenvalue weighted by Gasteiger charge is 2.16. The van der Waals surface area contributed by atoms with Crippen molar-refractivity contribution in [1.29, 1.82) is 0 Å². The van der Waals surface area contributed by atoms with Crippen LogP contribution in [0.15, 0.2) is 30.6 Å². The van der Waals surface area contributed by atoms with E-state index < -0.39 is 0 Å².